The summed E-state index contributed by atoms with van der Waals surface area (Å²) < 4.78 is 0. The molecular weight excluding hydrogens is 206 g/mol. The Hall–Kier alpha value is -1.65. The van der Waals surface area contributed by atoms with Crippen LogP contribution in [0, 0.1) is 0 Å². The van der Waals surface area contributed by atoms with Gasteiger partial charge >= 0.3 is 5.97 Å². The molecule has 0 amide bonds. The molecule has 0 aliphatic carbocycles. The van der Waals surface area contributed by atoms with Crippen LogP contribution in [0.1, 0.15) is 32.9 Å². The molecule has 0 saturated carbocycles. The molecule has 0 saturated heterocycles. The molecule has 0 aliphatic heterocycles. The van der Waals surface area contributed by atoms with Crippen molar-refractivity contribution >= 4 is 11.8 Å². The van der Waals surface area contributed by atoms with Crippen LogP contribution in [-0.4, -0.2) is 26.8 Å². The Morgan fingerprint density at radius 3 is 2.56 bits per heavy atom. The first-order valence-electron chi connectivity index (χ1n) is 5.30. The molecule has 1 rings (SSSR count). The highest BCUT2D eigenvalue weighted by Gasteiger charge is 2.27. The smallest absolute Gasteiger partial charge is 0.328 e. The quantitative estimate of drug-likeness (QED) is 0.794. The zero-order chi connectivity index (χ0) is 12.2. The third-order valence-corrected chi connectivity index (χ3v) is 2.20. The van der Waals surface area contributed by atoms with E-state index >= 15 is 0 Å². The van der Waals surface area contributed by atoms with E-state index < -0.39 is 11.5 Å². The number of nitrogens with zero attached hydrogens (tertiary/aromatic N) is 2. The summed E-state index contributed by atoms with van der Waals surface area (Å²) in [6.07, 6.45) is 1.90. The molecule has 0 fully saturated rings. The molecule has 0 radical (unpaired) electrons. The minimum absolute atomic E-state index is 0.479. The van der Waals surface area contributed by atoms with Gasteiger partial charge in [0.25, 0.3) is 0 Å². The summed E-state index contributed by atoms with van der Waals surface area (Å²) in [4.78, 5) is 10.9. The summed E-state index contributed by atoms with van der Waals surface area (Å²) in [6.45, 7) is 5.23. The Kier molecular flexibility index (Phi) is 3.82. The predicted octanol–water partition coefficient (Wildman–Crippen LogP) is 1.70. The summed E-state index contributed by atoms with van der Waals surface area (Å²) in [5.74, 6) is -0.445. The second kappa shape index (κ2) is 4.92. The molecule has 0 spiro atoms. The van der Waals surface area contributed by atoms with Gasteiger partial charge in [0.05, 0.1) is 5.69 Å². The number of hydrogen-bond acceptors (Lipinski definition) is 4. The van der Waals surface area contributed by atoms with Gasteiger partial charge in [-0.05, 0) is 32.4 Å². The number of carbonyl (C=O) groups is 1. The van der Waals surface area contributed by atoms with E-state index in [2.05, 4.69) is 22.4 Å². The number of carboxylic acids is 1. The van der Waals surface area contributed by atoms with E-state index in [9.17, 15) is 4.79 Å². The van der Waals surface area contributed by atoms with Gasteiger partial charge in [0.15, 0.2) is 0 Å². The third-order valence-electron chi connectivity index (χ3n) is 2.20. The van der Waals surface area contributed by atoms with Crippen molar-refractivity contribution in [3.05, 3.63) is 17.8 Å². The van der Waals surface area contributed by atoms with E-state index in [0.717, 1.165) is 18.5 Å². The second-order valence-corrected chi connectivity index (χ2v) is 4.22. The highest BCUT2D eigenvalue weighted by molar-refractivity contribution is 5.81. The van der Waals surface area contributed by atoms with Crippen LogP contribution >= 0.6 is 0 Å². The minimum Gasteiger partial charge on any atom is -0.480 e. The number of nitrogens with one attached hydrogen (secondary N) is 1. The number of carboxylic acid groups (broad SMARTS) is 1. The number of rotatable bonds is 5. The highest BCUT2D eigenvalue weighted by atomic mass is 16.4. The molecule has 0 aliphatic rings. The fraction of sp³-hybridized carbons (Fsp3) is 0.545. The summed E-state index contributed by atoms with van der Waals surface area (Å²) in [5, 5.41) is 19.7. The molecule has 16 heavy (non-hydrogen) atoms. The Balaban J connectivity index is 2.72. The van der Waals surface area contributed by atoms with Crippen LogP contribution in [0.2, 0.25) is 0 Å². The van der Waals surface area contributed by atoms with Crippen molar-refractivity contribution in [3.8, 4) is 0 Å². The second-order valence-electron chi connectivity index (χ2n) is 4.22. The van der Waals surface area contributed by atoms with Crippen molar-refractivity contribution in [2.75, 3.05) is 5.32 Å². The molecule has 5 nitrogen and oxygen atoms in total. The third kappa shape index (κ3) is 3.18. The van der Waals surface area contributed by atoms with Crippen molar-refractivity contribution in [1.29, 1.82) is 0 Å². The van der Waals surface area contributed by atoms with Crippen LogP contribution < -0.4 is 5.32 Å². The normalized spacial score (nSPS) is 11.2. The number of aryl methyl sites for hydroxylation is 1. The standard InChI is InChI=1S/C11H17N3O2/c1-4-5-8-6-7-9(14-13-8)12-11(2,3)10(15)16/h6-7H,4-5H2,1-3H3,(H,12,14)(H,15,16). The van der Waals surface area contributed by atoms with Crippen LogP contribution in [0.5, 0.6) is 0 Å². The van der Waals surface area contributed by atoms with Gasteiger partial charge < -0.3 is 10.4 Å². The zero-order valence-corrected chi connectivity index (χ0v) is 9.82. The van der Waals surface area contributed by atoms with Crippen molar-refractivity contribution in [3.63, 3.8) is 0 Å². The molecule has 5 heteroatoms. The van der Waals surface area contributed by atoms with Gasteiger partial charge in [0.2, 0.25) is 0 Å². The van der Waals surface area contributed by atoms with E-state index in [-0.39, 0.29) is 0 Å². The lowest BCUT2D eigenvalue weighted by Crippen LogP contribution is -2.40. The monoisotopic (exact) mass is 223 g/mol. The van der Waals surface area contributed by atoms with E-state index in [1.165, 1.54) is 0 Å². The molecular formula is C11H17N3O2. The number of aromatic nitrogens is 2. The minimum atomic E-state index is -1.04. The van der Waals surface area contributed by atoms with E-state index in [1.54, 1.807) is 19.9 Å². The van der Waals surface area contributed by atoms with Gasteiger partial charge in [0, 0.05) is 0 Å². The molecule has 1 aromatic heterocycles. The largest absolute Gasteiger partial charge is 0.480 e. The number of aliphatic carboxylic acids is 1. The van der Waals surface area contributed by atoms with Crippen LogP contribution in [0.25, 0.3) is 0 Å². The van der Waals surface area contributed by atoms with Crippen LogP contribution in [0.15, 0.2) is 12.1 Å². The van der Waals surface area contributed by atoms with Gasteiger partial charge in [-0.1, -0.05) is 13.3 Å². The first kappa shape index (κ1) is 12.4. The Labute approximate surface area is 94.9 Å². The molecule has 0 aromatic carbocycles. The summed E-state index contributed by atoms with van der Waals surface area (Å²) in [7, 11) is 0. The summed E-state index contributed by atoms with van der Waals surface area (Å²) in [6, 6.07) is 3.61. The SMILES string of the molecule is CCCc1ccc(NC(C)(C)C(=O)O)nn1. The Bertz CT molecular complexity index is 360. The molecule has 0 atom stereocenters. The number of hydrogen-bond donors (Lipinski definition) is 2. The van der Waals surface area contributed by atoms with E-state index in [1.807, 2.05) is 6.07 Å². The maximum atomic E-state index is 10.9. The van der Waals surface area contributed by atoms with Crippen LogP contribution in [-0.2, 0) is 11.2 Å². The lowest BCUT2D eigenvalue weighted by molar-refractivity contribution is -0.141. The number of anilines is 1. The molecule has 88 valence electrons. The zero-order valence-electron chi connectivity index (χ0n) is 9.82. The Morgan fingerprint density at radius 2 is 2.12 bits per heavy atom. The molecule has 2 N–H and O–H groups in total. The maximum Gasteiger partial charge on any atom is 0.328 e. The van der Waals surface area contributed by atoms with E-state index in [4.69, 9.17) is 5.11 Å². The van der Waals surface area contributed by atoms with Crippen molar-refractivity contribution < 1.29 is 9.90 Å². The topological polar surface area (TPSA) is 75.1 Å². The fourth-order valence-electron chi connectivity index (χ4n) is 1.19. The highest BCUT2D eigenvalue weighted by Crippen LogP contribution is 2.12. The maximum absolute atomic E-state index is 10.9. The fourth-order valence-corrected chi connectivity index (χ4v) is 1.19. The first-order valence-corrected chi connectivity index (χ1v) is 5.30. The molecule has 1 aromatic rings. The van der Waals surface area contributed by atoms with E-state index in [0.29, 0.717) is 5.82 Å². The Morgan fingerprint density at radius 1 is 1.44 bits per heavy atom. The van der Waals surface area contributed by atoms with Gasteiger partial charge in [-0.2, -0.15) is 5.10 Å². The lowest BCUT2D eigenvalue weighted by atomic mass is 10.1. The van der Waals surface area contributed by atoms with Crippen LogP contribution in [0.3, 0.4) is 0 Å². The average Bonchev–Trinajstić information content (AvgIpc) is 2.21. The van der Waals surface area contributed by atoms with Gasteiger partial charge in [-0.15, -0.1) is 5.10 Å². The van der Waals surface area contributed by atoms with Crippen molar-refractivity contribution in [2.45, 2.75) is 39.2 Å². The van der Waals surface area contributed by atoms with Gasteiger partial charge in [0.1, 0.15) is 11.4 Å². The summed E-state index contributed by atoms with van der Waals surface area (Å²) >= 11 is 0. The van der Waals surface area contributed by atoms with Gasteiger partial charge in [-0.25, -0.2) is 4.79 Å². The van der Waals surface area contributed by atoms with Crippen molar-refractivity contribution in [2.24, 2.45) is 0 Å². The molecule has 0 unspecified atom stereocenters. The molecule has 1 heterocycles. The average molecular weight is 223 g/mol. The first-order chi connectivity index (χ1) is 7.45. The predicted molar refractivity (Wildman–Crippen MR) is 61.4 cm³/mol. The molecule has 0 bridgehead atoms. The summed E-state index contributed by atoms with van der Waals surface area (Å²) in [5.41, 5.74) is -0.123. The van der Waals surface area contributed by atoms with Gasteiger partial charge in [-0.3, -0.25) is 0 Å². The van der Waals surface area contributed by atoms with Crippen molar-refractivity contribution in [1.82, 2.24) is 10.2 Å². The lowest BCUT2D eigenvalue weighted by Gasteiger charge is -2.21. The van der Waals surface area contributed by atoms with Crippen LogP contribution in [0.4, 0.5) is 5.82 Å².